The summed E-state index contributed by atoms with van der Waals surface area (Å²) in [6.07, 6.45) is 5.78. The number of thiazole rings is 1. The summed E-state index contributed by atoms with van der Waals surface area (Å²) in [5.74, 6) is 0.685. The molecule has 1 fully saturated rings. The first-order chi connectivity index (χ1) is 7.83. The van der Waals surface area contributed by atoms with Crippen LogP contribution < -0.4 is 5.32 Å². The Morgan fingerprint density at radius 3 is 2.75 bits per heavy atom. The number of aliphatic hydroxyl groups is 2. The largest absolute Gasteiger partial charge is 0.395 e. The van der Waals surface area contributed by atoms with E-state index in [1.54, 1.807) is 11.3 Å². The third-order valence-corrected chi connectivity index (χ3v) is 4.19. The van der Waals surface area contributed by atoms with E-state index in [4.69, 9.17) is 10.2 Å². The summed E-state index contributed by atoms with van der Waals surface area (Å²) in [4.78, 5) is 5.60. The summed E-state index contributed by atoms with van der Waals surface area (Å²) < 4.78 is 0. The maximum absolute atomic E-state index is 8.91. The van der Waals surface area contributed by atoms with E-state index in [0.717, 1.165) is 0 Å². The Kier molecular flexibility index (Phi) is 4.29. The van der Waals surface area contributed by atoms with E-state index in [2.05, 4.69) is 10.3 Å². The summed E-state index contributed by atoms with van der Waals surface area (Å²) >= 11 is 1.74. The van der Waals surface area contributed by atoms with Gasteiger partial charge in [-0.25, -0.2) is 4.98 Å². The highest BCUT2D eigenvalue weighted by molar-refractivity contribution is 7.11. The van der Waals surface area contributed by atoms with E-state index in [-0.39, 0.29) is 19.3 Å². The van der Waals surface area contributed by atoms with E-state index in [1.165, 1.54) is 29.1 Å². The van der Waals surface area contributed by atoms with Crippen LogP contribution in [-0.2, 0) is 6.54 Å². The molecule has 0 amide bonds. The van der Waals surface area contributed by atoms with Gasteiger partial charge in [-0.2, -0.15) is 0 Å². The summed E-state index contributed by atoms with van der Waals surface area (Å²) in [6, 6.07) is -0.228. The minimum Gasteiger partial charge on any atom is -0.395 e. The summed E-state index contributed by atoms with van der Waals surface area (Å²) in [7, 11) is 0. The van der Waals surface area contributed by atoms with E-state index in [9.17, 15) is 0 Å². The predicted molar refractivity (Wildman–Crippen MR) is 63.5 cm³/mol. The molecule has 1 aliphatic carbocycles. The molecule has 1 aromatic heterocycles. The van der Waals surface area contributed by atoms with Crippen LogP contribution in [0, 0.1) is 0 Å². The number of hydrogen-bond acceptors (Lipinski definition) is 5. The van der Waals surface area contributed by atoms with Gasteiger partial charge in [0.25, 0.3) is 0 Å². The minimum atomic E-state index is -0.228. The topological polar surface area (TPSA) is 65.4 Å². The van der Waals surface area contributed by atoms with Crippen LogP contribution in [0.15, 0.2) is 6.20 Å². The van der Waals surface area contributed by atoms with Crippen molar-refractivity contribution >= 4 is 11.3 Å². The Hall–Kier alpha value is -0.490. The number of aromatic nitrogens is 1. The highest BCUT2D eigenvalue weighted by Crippen LogP contribution is 2.38. The molecule has 1 aromatic rings. The zero-order chi connectivity index (χ0) is 11.4. The van der Waals surface area contributed by atoms with Crippen LogP contribution in [0.4, 0.5) is 0 Å². The fraction of sp³-hybridized carbons (Fsp3) is 0.727. The predicted octanol–water partition coefficient (Wildman–Crippen LogP) is 0.853. The fourth-order valence-electron chi connectivity index (χ4n) is 1.68. The quantitative estimate of drug-likeness (QED) is 0.692. The van der Waals surface area contributed by atoms with Crippen molar-refractivity contribution in [3.8, 4) is 0 Å². The lowest BCUT2D eigenvalue weighted by Crippen LogP contribution is -2.34. The molecule has 2 rings (SSSR count). The second-order valence-corrected chi connectivity index (χ2v) is 5.38. The molecule has 0 spiro atoms. The molecule has 5 heteroatoms. The van der Waals surface area contributed by atoms with Gasteiger partial charge >= 0.3 is 0 Å². The van der Waals surface area contributed by atoms with Crippen LogP contribution in [0.2, 0.25) is 0 Å². The lowest BCUT2D eigenvalue weighted by molar-refractivity contribution is 0.170. The van der Waals surface area contributed by atoms with Crippen molar-refractivity contribution in [2.24, 2.45) is 0 Å². The van der Waals surface area contributed by atoms with Crippen molar-refractivity contribution < 1.29 is 10.2 Å². The second kappa shape index (κ2) is 5.72. The van der Waals surface area contributed by atoms with Gasteiger partial charge in [0.2, 0.25) is 0 Å². The number of hydrogen-bond donors (Lipinski definition) is 3. The average Bonchev–Trinajstić information content (AvgIpc) is 2.65. The van der Waals surface area contributed by atoms with Crippen molar-refractivity contribution in [3.05, 3.63) is 16.1 Å². The smallest absolute Gasteiger partial charge is 0.0959 e. The number of nitrogens with one attached hydrogen (secondary N) is 1. The van der Waals surface area contributed by atoms with Crippen LogP contribution in [0.5, 0.6) is 0 Å². The van der Waals surface area contributed by atoms with Gasteiger partial charge in [-0.1, -0.05) is 6.42 Å². The van der Waals surface area contributed by atoms with E-state index < -0.39 is 0 Å². The van der Waals surface area contributed by atoms with Crippen LogP contribution >= 0.6 is 11.3 Å². The lowest BCUT2D eigenvalue weighted by Gasteiger charge is -2.22. The van der Waals surface area contributed by atoms with Gasteiger partial charge in [-0.3, -0.25) is 0 Å². The molecule has 16 heavy (non-hydrogen) atoms. The Bertz CT molecular complexity index is 322. The number of rotatable bonds is 6. The summed E-state index contributed by atoms with van der Waals surface area (Å²) in [5, 5.41) is 22.2. The normalized spacial score (nSPS) is 16.7. The molecule has 0 aromatic carbocycles. The van der Waals surface area contributed by atoms with Crippen molar-refractivity contribution in [2.75, 3.05) is 13.2 Å². The molecular weight excluding hydrogens is 224 g/mol. The zero-order valence-electron chi connectivity index (χ0n) is 9.22. The molecule has 1 saturated carbocycles. The molecule has 1 heterocycles. The van der Waals surface area contributed by atoms with E-state index in [1.807, 2.05) is 6.20 Å². The molecular formula is C11H18N2O2S. The molecule has 0 bridgehead atoms. The molecule has 0 atom stereocenters. The van der Waals surface area contributed by atoms with Gasteiger partial charge < -0.3 is 15.5 Å². The van der Waals surface area contributed by atoms with Gasteiger partial charge in [0, 0.05) is 23.5 Å². The standard InChI is InChI=1S/C11H18N2O2S/c14-6-9(7-15)12-4-10-5-13-11(16-10)8-2-1-3-8/h5,8-9,12,14-15H,1-4,6-7H2. The molecule has 90 valence electrons. The lowest BCUT2D eigenvalue weighted by atomic mass is 9.86. The first-order valence-corrected chi connectivity index (χ1v) is 6.55. The van der Waals surface area contributed by atoms with Crippen molar-refractivity contribution in [1.29, 1.82) is 0 Å². The molecule has 0 unspecified atom stereocenters. The Balaban J connectivity index is 1.82. The van der Waals surface area contributed by atoms with Crippen LogP contribution in [0.1, 0.15) is 35.1 Å². The van der Waals surface area contributed by atoms with E-state index in [0.29, 0.717) is 12.5 Å². The molecule has 1 aliphatic rings. The minimum absolute atomic E-state index is 0.0369. The highest BCUT2D eigenvalue weighted by atomic mass is 32.1. The third-order valence-electron chi connectivity index (χ3n) is 3.03. The van der Waals surface area contributed by atoms with Crippen LogP contribution in [-0.4, -0.2) is 34.5 Å². The van der Waals surface area contributed by atoms with Crippen LogP contribution in [0.25, 0.3) is 0 Å². The van der Waals surface area contributed by atoms with Crippen molar-refractivity contribution in [2.45, 2.75) is 37.8 Å². The fourth-order valence-corrected chi connectivity index (χ4v) is 2.72. The van der Waals surface area contributed by atoms with Crippen LogP contribution in [0.3, 0.4) is 0 Å². The Morgan fingerprint density at radius 1 is 1.44 bits per heavy atom. The molecule has 4 nitrogen and oxygen atoms in total. The number of nitrogens with zero attached hydrogens (tertiary/aromatic N) is 1. The average molecular weight is 242 g/mol. The first-order valence-electron chi connectivity index (χ1n) is 5.73. The van der Waals surface area contributed by atoms with E-state index >= 15 is 0 Å². The van der Waals surface area contributed by atoms with Gasteiger partial charge in [0.05, 0.1) is 24.3 Å². The van der Waals surface area contributed by atoms with Crippen molar-refractivity contribution in [3.63, 3.8) is 0 Å². The molecule has 0 aliphatic heterocycles. The maximum atomic E-state index is 8.91. The molecule has 3 N–H and O–H groups in total. The second-order valence-electron chi connectivity index (χ2n) is 4.24. The van der Waals surface area contributed by atoms with Gasteiger partial charge in [0.15, 0.2) is 0 Å². The SMILES string of the molecule is OCC(CO)NCc1cnc(C2CCC2)s1. The highest BCUT2D eigenvalue weighted by Gasteiger charge is 2.22. The monoisotopic (exact) mass is 242 g/mol. The van der Waals surface area contributed by atoms with Crippen molar-refractivity contribution in [1.82, 2.24) is 10.3 Å². The van der Waals surface area contributed by atoms with Gasteiger partial charge in [-0.15, -0.1) is 11.3 Å². The summed E-state index contributed by atoms with van der Waals surface area (Å²) in [6.45, 7) is 0.603. The third kappa shape index (κ3) is 2.79. The number of aliphatic hydroxyl groups excluding tert-OH is 2. The maximum Gasteiger partial charge on any atom is 0.0959 e. The van der Waals surface area contributed by atoms with Gasteiger partial charge in [0.1, 0.15) is 0 Å². The Labute approximate surface area is 99.3 Å². The zero-order valence-corrected chi connectivity index (χ0v) is 10.0. The van der Waals surface area contributed by atoms with Gasteiger partial charge in [-0.05, 0) is 12.8 Å². The Morgan fingerprint density at radius 2 is 2.19 bits per heavy atom. The molecule has 0 radical (unpaired) electrons. The molecule has 0 saturated heterocycles. The first kappa shape index (κ1) is 12.0. The summed E-state index contributed by atoms with van der Waals surface area (Å²) in [5.41, 5.74) is 0.